The van der Waals surface area contributed by atoms with Crippen LogP contribution in [0.25, 0.3) is 0 Å². The van der Waals surface area contributed by atoms with Crippen LogP contribution in [0.5, 0.6) is 0 Å². The molecule has 0 saturated heterocycles. The number of carbonyl (C=O) groups is 1. The Kier molecular flexibility index (Phi) is 5.02. The number of thiophene rings is 1. The molecule has 0 aliphatic heterocycles. The molecule has 0 aliphatic carbocycles. The highest BCUT2D eigenvalue weighted by molar-refractivity contribution is 7.14. The maximum absolute atomic E-state index is 12.3. The summed E-state index contributed by atoms with van der Waals surface area (Å²) in [5, 5.41) is 8.77. The van der Waals surface area contributed by atoms with Gasteiger partial charge in [0, 0.05) is 11.4 Å². The van der Waals surface area contributed by atoms with Gasteiger partial charge in [-0.15, -0.1) is 11.3 Å². The SMILES string of the molecule is Cc1cc(C(=O)N(CCO)CC(F)F)sc1C. The largest absolute Gasteiger partial charge is 0.395 e. The molecule has 1 aromatic rings. The molecule has 0 aliphatic rings. The van der Waals surface area contributed by atoms with Crippen molar-refractivity contribution in [2.75, 3.05) is 19.7 Å². The third kappa shape index (κ3) is 3.74. The molecule has 1 N–H and O–H groups in total. The molecule has 0 atom stereocenters. The first-order chi connectivity index (χ1) is 7.95. The van der Waals surface area contributed by atoms with Crippen LogP contribution in [0.3, 0.4) is 0 Å². The normalized spacial score (nSPS) is 10.9. The molecular weight excluding hydrogens is 248 g/mol. The van der Waals surface area contributed by atoms with E-state index in [1.807, 2.05) is 13.8 Å². The van der Waals surface area contributed by atoms with Gasteiger partial charge < -0.3 is 10.0 Å². The van der Waals surface area contributed by atoms with Gasteiger partial charge in [-0.05, 0) is 25.5 Å². The lowest BCUT2D eigenvalue weighted by atomic mass is 10.2. The molecule has 1 heterocycles. The highest BCUT2D eigenvalue weighted by atomic mass is 32.1. The van der Waals surface area contributed by atoms with Crippen LogP contribution in [0.1, 0.15) is 20.1 Å². The van der Waals surface area contributed by atoms with Crippen molar-refractivity contribution in [3.05, 3.63) is 21.4 Å². The summed E-state index contributed by atoms with van der Waals surface area (Å²) in [6.07, 6.45) is -2.59. The minimum atomic E-state index is -2.59. The second kappa shape index (κ2) is 6.07. The fourth-order valence-corrected chi connectivity index (χ4v) is 2.40. The molecular formula is C11H15F2NO2S. The summed E-state index contributed by atoms with van der Waals surface area (Å²) in [6.45, 7) is 2.71. The third-order valence-corrected chi connectivity index (χ3v) is 3.53. The Hall–Kier alpha value is -1.01. The maximum atomic E-state index is 12.3. The predicted molar refractivity (Wildman–Crippen MR) is 62.8 cm³/mol. The number of aryl methyl sites for hydroxylation is 2. The van der Waals surface area contributed by atoms with Crippen LogP contribution in [0.4, 0.5) is 8.78 Å². The molecule has 1 aromatic heterocycles. The summed E-state index contributed by atoms with van der Waals surface area (Å²) in [5.74, 6) is -0.444. The van der Waals surface area contributed by atoms with Gasteiger partial charge in [-0.3, -0.25) is 4.79 Å². The first-order valence-electron chi connectivity index (χ1n) is 5.21. The fourth-order valence-electron chi connectivity index (χ4n) is 1.40. The molecule has 0 fully saturated rings. The van der Waals surface area contributed by atoms with E-state index in [-0.39, 0.29) is 13.2 Å². The Morgan fingerprint density at radius 3 is 2.59 bits per heavy atom. The topological polar surface area (TPSA) is 40.5 Å². The first-order valence-corrected chi connectivity index (χ1v) is 6.02. The zero-order valence-electron chi connectivity index (χ0n) is 9.74. The van der Waals surface area contributed by atoms with Crippen LogP contribution >= 0.6 is 11.3 Å². The number of halogens is 2. The van der Waals surface area contributed by atoms with Gasteiger partial charge in [0.05, 0.1) is 18.0 Å². The van der Waals surface area contributed by atoms with Crippen molar-refractivity contribution in [1.29, 1.82) is 0 Å². The minimum Gasteiger partial charge on any atom is -0.395 e. The summed E-state index contributed by atoms with van der Waals surface area (Å²) in [5.41, 5.74) is 0.972. The summed E-state index contributed by atoms with van der Waals surface area (Å²) in [7, 11) is 0. The van der Waals surface area contributed by atoms with E-state index in [9.17, 15) is 13.6 Å². The molecule has 1 rings (SSSR count). The molecule has 0 radical (unpaired) electrons. The van der Waals surface area contributed by atoms with Crippen LogP contribution in [0, 0.1) is 13.8 Å². The number of hydrogen-bond donors (Lipinski definition) is 1. The van der Waals surface area contributed by atoms with Crippen LogP contribution in [0.15, 0.2) is 6.07 Å². The quantitative estimate of drug-likeness (QED) is 0.883. The average molecular weight is 263 g/mol. The third-order valence-electron chi connectivity index (χ3n) is 2.39. The molecule has 17 heavy (non-hydrogen) atoms. The predicted octanol–water partition coefficient (Wildman–Crippen LogP) is 2.06. The van der Waals surface area contributed by atoms with Crippen LogP contribution < -0.4 is 0 Å². The average Bonchev–Trinajstić information content (AvgIpc) is 2.57. The second-order valence-electron chi connectivity index (χ2n) is 3.72. The number of nitrogens with zero attached hydrogens (tertiary/aromatic N) is 1. The molecule has 0 unspecified atom stereocenters. The number of amides is 1. The van der Waals surface area contributed by atoms with Gasteiger partial charge in [-0.2, -0.15) is 0 Å². The van der Waals surface area contributed by atoms with E-state index in [0.29, 0.717) is 4.88 Å². The Bertz CT molecular complexity index is 373. The van der Waals surface area contributed by atoms with E-state index < -0.39 is 18.9 Å². The lowest BCUT2D eigenvalue weighted by molar-refractivity contribution is 0.0513. The second-order valence-corrected chi connectivity index (χ2v) is 4.97. The molecule has 0 spiro atoms. The highest BCUT2D eigenvalue weighted by Crippen LogP contribution is 2.22. The summed E-state index contributed by atoms with van der Waals surface area (Å²) >= 11 is 1.29. The molecule has 0 aromatic carbocycles. The van der Waals surface area contributed by atoms with Crippen molar-refractivity contribution in [1.82, 2.24) is 4.90 Å². The molecule has 3 nitrogen and oxygen atoms in total. The van der Waals surface area contributed by atoms with Gasteiger partial charge in [-0.25, -0.2) is 8.78 Å². The smallest absolute Gasteiger partial charge is 0.264 e. The van der Waals surface area contributed by atoms with Crippen LogP contribution in [0.2, 0.25) is 0 Å². The summed E-state index contributed by atoms with van der Waals surface area (Å²) in [4.78, 5) is 14.3. The lowest BCUT2D eigenvalue weighted by Crippen LogP contribution is -2.36. The van der Waals surface area contributed by atoms with Crippen molar-refractivity contribution < 1.29 is 18.7 Å². The Balaban J connectivity index is 2.83. The summed E-state index contributed by atoms with van der Waals surface area (Å²) < 4.78 is 24.6. The number of aliphatic hydroxyl groups excluding tert-OH is 1. The van der Waals surface area contributed by atoms with Gasteiger partial charge >= 0.3 is 0 Å². The monoisotopic (exact) mass is 263 g/mol. The number of carbonyl (C=O) groups excluding carboxylic acids is 1. The van der Waals surface area contributed by atoms with Crippen molar-refractivity contribution in [2.24, 2.45) is 0 Å². The van der Waals surface area contributed by atoms with Gasteiger partial charge in [0.15, 0.2) is 0 Å². The summed E-state index contributed by atoms with van der Waals surface area (Å²) in [6, 6.07) is 1.69. The van der Waals surface area contributed by atoms with Gasteiger partial charge in [0.1, 0.15) is 0 Å². The van der Waals surface area contributed by atoms with Gasteiger partial charge in [0.2, 0.25) is 0 Å². The molecule has 0 saturated carbocycles. The standard InChI is InChI=1S/C11H15F2NO2S/c1-7-5-9(17-8(7)2)11(16)14(3-4-15)6-10(12)13/h5,10,15H,3-4,6H2,1-2H3. The number of alkyl halides is 2. The van der Waals surface area contributed by atoms with E-state index in [1.54, 1.807) is 6.07 Å². The zero-order chi connectivity index (χ0) is 13.0. The molecule has 96 valence electrons. The van der Waals surface area contributed by atoms with E-state index in [2.05, 4.69) is 0 Å². The fraction of sp³-hybridized carbons (Fsp3) is 0.545. The number of rotatable bonds is 5. The van der Waals surface area contributed by atoms with Crippen LogP contribution in [-0.2, 0) is 0 Å². The van der Waals surface area contributed by atoms with E-state index in [4.69, 9.17) is 5.11 Å². The highest BCUT2D eigenvalue weighted by Gasteiger charge is 2.21. The minimum absolute atomic E-state index is 0.0703. The van der Waals surface area contributed by atoms with Crippen molar-refractivity contribution in [2.45, 2.75) is 20.3 Å². The Morgan fingerprint density at radius 2 is 2.18 bits per heavy atom. The molecule has 1 amide bonds. The van der Waals surface area contributed by atoms with E-state index in [1.165, 1.54) is 11.3 Å². The lowest BCUT2D eigenvalue weighted by Gasteiger charge is -2.20. The number of aliphatic hydroxyl groups is 1. The van der Waals surface area contributed by atoms with E-state index in [0.717, 1.165) is 15.3 Å². The number of hydrogen-bond acceptors (Lipinski definition) is 3. The van der Waals surface area contributed by atoms with Gasteiger partial charge in [-0.1, -0.05) is 0 Å². The van der Waals surface area contributed by atoms with Crippen LogP contribution in [-0.4, -0.2) is 42.0 Å². The van der Waals surface area contributed by atoms with Gasteiger partial charge in [0.25, 0.3) is 12.3 Å². The zero-order valence-corrected chi connectivity index (χ0v) is 10.6. The Morgan fingerprint density at radius 1 is 1.53 bits per heavy atom. The van der Waals surface area contributed by atoms with Crippen molar-refractivity contribution in [3.8, 4) is 0 Å². The van der Waals surface area contributed by atoms with Crippen molar-refractivity contribution >= 4 is 17.2 Å². The molecule has 0 bridgehead atoms. The Labute approximate surface area is 103 Å². The molecule has 6 heteroatoms. The maximum Gasteiger partial charge on any atom is 0.264 e. The van der Waals surface area contributed by atoms with E-state index >= 15 is 0 Å². The first kappa shape index (κ1) is 14.1. The van der Waals surface area contributed by atoms with Crippen molar-refractivity contribution in [3.63, 3.8) is 0 Å².